The quantitative estimate of drug-likeness (QED) is 0.777. The Morgan fingerprint density at radius 1 is 1.55 bits per heavy atom. The molecule has 1 aliphatic rings. The molecule has 1 aromatic rings. The minimum atomic E-state index is -0.519. The summed E-state index contributed by atoms with van der Waals surface area (Å²) >= 11 is 0. The largest absolute Gasteiger partial charge is 0.396 e. The van der Waals surface area contributed by atoms with E-state index in [0.29, 0.717) is 18.7 Å². The molecule has 0 aliphatic carbocycles. The second-order valence-corrected chi connectivity index (χ2v) is 4.79. The number of carbonyl (C=O) groups excluding carboxylic acids is 1. The molecule has 3 N–H and O–H groups in total. The molecule has 0 bridgehead atoms. The molecule has 20 heavy (non-hydrogen) atoms. The van der Waals surface area contributed by atoms with Gasteiger partial charge in [-0.25, -0.2) is 4.39 Å². The van der Waals surface area contributed by atoms with E-state index >= 15 is 0 Å². The number of hydrogen-bond donors (Lipinski definition) is 2. The summed E-state index contributed by atoms with van der Waals surface area (Å²) in [6.07, 6.45) is 0.783. The van der Waals surface area contributed by atoms with E-state index in [0.717, 1.165) is 6.42 Å². The molecule has 5 heteroatoms. The van der Waals surface area contributed by atoms with E-state index in [2.05, 4.69) is 11.8 Å². The first-order valence-corrected chi connectivity index (χ1v) is 6.54. The highest BCUT2D eigenvalue weighted by molar-refractivity contribution is 5.94. The van der Waals surface area contributed by atoms with Crippen molar-refractivity contribution in [1.82, 2.24) is 4.90 Å². The van der Waals surface area contributed by atoms with E-state index in [9.17, 15) is 9.18 Å². The van der Waals surface area contributed by atoms with Crippen molar-refractivity contribution in [1.29, 1.82) is 0 Å². The van der Waals surface area contributed by atoms with Crippen LogP contribution in [0, 0.1) is 23.6 Å². The van der Waals surface area contributed by atoms with Gasteiger partial charge in [0.05, 0.1) is 12.1 Å². The van der Waals surface area contributed by atoms with Gasteiger partial charge in [-0.05, 0) is 24.6 Å². The van der Waals surface area contributed by atoms with Gasteiger partial charge in [0, 0.05) is 31.2 Å². The molecule has 1 amide bonds. The standard InChI is InChI=1S/C15H17FN2O2/c16-14-8-13(4-3-12(14)2-1-6-17)15(20)18-7-5-11(9-18)10-19/h3-4,8,11,19H,5-7,9-10,17H2. The summed E-state index contributed by atoms with van der Waals surface area (Å²) in [6, 6.07) is 4.26. The monoisotopic (exact) mass is 276 g/mol. The zero-order valence-electron chi connectivity index (χ0n) is 11.1. The molecular formula is C15H17FN2O2. The van der Waals surface area contributed by atoms with Crippen LogP contribution in [0.4, 0.5) is 4.39 Å². The summed E-state index contributed by atoms with van der Waals surface area (Å²) < 4.78 is 13.8. The van der Waals surface area contributed by atoms with E-state index in [-0.39, 0.29) is 30.5 Å². The fourth-order valence-corrected chi connectivity index (χ4v) is 2.24. The Hall–Kier alpha value is -1.90. The summed E-state index contributed by atoms with van der Waals surface area (Å²) in [4.78, 5) is 13.8. The summed E-state index contributed by atoms with van der Waals surface area (Å²) in [7, 11) is 0. The van der Waals surface area contributed by atoms with Crippen LogP contribution in [-0.2, 0) is 0 Å². The van der Waals surface area contributed by atoms with Crippen LogP contribution in [0.3, 0.4) is 0 Å². The Morgan fingerprint density at radius 2 is 2.35 bits per heavy atom. The number of aliphatic hydroxyl groups excluding tert-OH is 1. The van der Waals surface area contributed by atoms with Crippen molar-refractivity contribution in [3.05, 3.63) is 35.1 Å². The van der Waals surface area contributed by atoms with Gasteiger partial charge in [-0.2, -0.15) is 0 Å². The maximum Gasteiger partial charge on any atom is 0.253 e. The molecule has 106 valence electrons. The molecule has 2 rings (SSSR count). The number of hydrogen-bond acceptors (Lipinski definition) is 3. The number of carbonyl (C=O) groups is 1. The zero-order chi connectivity index (χ0) is 14.5. The highest BCUT2D eigenvalue weighted by atomic mass is 19.1. The number of nitrogens with zero attached hydrogens (tertiary/aromatic N) is 1. The second-order valence-electron chi connectivity index (χ2n) is 4.79. The lowest BCUT2D eigenvalue weighted by molar-refractivity contribution is 0.0781. The maximum atomic E-state index is 13.8. The highest BCUT2D eigenvalue weighted by Gasteiger charge is 2.26. The van der Waals surface area contributed by atoms with E-state index in [1.165, 1.54) is 12.1 Å². The second kappa shape index (κ2) is 6.51. The molecule has 1 atom stereocenters. The number of nitrogens with two attached hydrogens (primary N) is 1. The normalized spacial score (nSPS) is 17.8. The Morgan fingerprint density at radius 3 is 2.95 bits per heavy atom. The van der Waals surface area contributed by atoms with Crippen molar-refractivity contribution in [2.75, 3.05) is 26.2 Å². The third-order valence-corrected chi connectivity index (χ3v) is 3.37. The van der Waals surface area contributed by atoms with Crippen LogP contribution >= 0.6 is 0 Å². The molecule has 4 nitrogen and oxygen atoms in total. The van der Waals surface area contributed by atoms with Gasteiger partial charge in [-0.15, -0.1) is 0 Å². The molecule has 1 aliphatic heterocycles. The van der Waals surface area contributed by atoms with Crippen molar-refractivity contribution < 1.29 is 14.3 Å². The van der Waals surface area contributed by atoms with Crippen molar-refractivity contribution in [2.45, 2.75) is 6.42 Å². The fourth-order valence-electron chi connectivity index (χ4n) is 2.24. The van der Waals surface area contributed by atoms with Crippen LogP contribution in [0.2, 0.25) is 0 Å². The maximum absolute atomic E-state index is 13.8. The third kappa shape index (κ3) is 3.16. The van der Waals surface area contributed by atoms with Gasteiger partial charge in [0.25, 0.3) is 5.91 Å². The van der Waals surface area contributed by atoms with Crippen molar-refractivity contribution in [3.63, 3.8) is 0 Å². The number of likely N-dealkylation sites (tertiary alicyclic amines) is 1. The molecule has 1 heterocycles. The molecule has 0 radical (unpaired) electrons. The van der Waals surface area contributed by atoms with Crippen LogP contribution in [0.25, 0.3) is 0 Å². The summed E-state index contributed by atoms with van der Waals surface area (Å²) in [5.41, 5.74) is 5.78. The van der Waals surface area contributed by atoms with Crippen LogP contribution < -0.4 is 5.73 Å². The van der Waals surface area contributed by atoms with Gasteiger partial charge in [0.15, 0.2) is 0 Å². The predicted molar refractivity (Wildman–Crippen MR) is 73.4 cm³/mol. The number of amides is 1. The van der Waals surface area contributed by atoms with Crippen LogP contribution in [0.1, 0.15) is 22.3 Å². The van der Waals surface area contributed by atoms with Crippen molar-refractivity contribution in [2.24, 2.45) is 11.7 Å². The molecule has 1 fully saturated rings. The van der Waals surface area contributed by atoms with E-state index in [1.54, 1.807) is 11.0 Å². The number of benzene rings is 1. The van der Waals surface area contributed by atoms with Gasteiger partial charge in [-0.1, -0.05) is 11.8 Å². The topological polar surface area (TPSA) is 66.6 Å². The van der Waals surface area contributed by atoms with E-state index in [4.69, 9.17) is 10.8 Å². The molecule has 0 saturated carbocycles. The van der Waals surface area contributed by atoms with Crippen molar-refractivity contribution >= 4 is 5.91 Å². The van der Waals surface area contributed by atoms with E-state index < -0.39 is 5.82 Å². The average Bonchev–Trinajstić information content (AvgIpc) is 2.94. The first kappa shape index (κ1) is 14.5. The van der Waals surface area contributed by atoms with Gasteiger partial charge in [0.2, 0.25) is 0 Å². The Bertz CT molecular complexity index is 563. The van der Waals surface area contributed by atoms with E-state index in [1.807, 2.05) is 0 Å². The van der Waals surface area contributed by atoms with Crippen LogP contribution in [0.15, 0.2) is 18.2 Å². The van der Waals surface area contributed by atoms with Gasteiger partial charge >= 0.3 is 0 Å². The molecular weight excluding hydrogens is 259 g/mol. The summed E-state index contributed by atoms with van der Waals surface area (Å²) in [5.74, 6) is 4.59. The van der Waals surface area contributed by atoms with Crippen molar-refractivity contribution in [3.8, 4) is 11.8 Å². The lowest BCUT2D eigenvalue weighted by Crippen LogP contribution is -2.29. The van der Waals surface area contributed by atoms with Gasteiger partial charge in [-0.3, -0.25) is 4.79 Å². The summed E-state index contributed by atoms with van der Waals surface area (Å²) in [6.45, 7) is 1.36. The van der Waals surface area contributed by atoms with Crippen LogP contribution in [0.5, 0.6) is 0 Å². The fraction of sp³-hybridized carbons (Fsp3) is 0.400. The van der Waals surface area contributed by atoms with Crippen LogP contribution in [-0.4, -0.2) is 42.2 Å². The lowest BCUT2D eigenvalue weighted by atomic mass is 10.1. The predicted octanol–water partition coefficient (Wildman–Crippen LogP) is 0.590. The third-order valence-electron chi connectivity index (χ3n) is 3.37. The Labute approximate surface area is 117 Å². The average molecular weight is 276 g/mol. The lowest BCUT2D eigenvalue weighted by Gasteiger charge is -2.16. The van der Waals surface area contributed by atoms with Gasteiger partial charge < -0.3 is 15.7 Å². The highest BCUT2D eigenvalue weighted by Crippen LogP contribution is 2.19. The SMILES string of the molecule is NCC#Cc1ccc(C(=O)N2CCC(CO)C2)cc1F. The summed E-state index contributed by atoms with van der Waals surface area (Å²) in [5, 5.41) is 9.08. The minimum absolute atomic E-state index is 0.0752. The number of rotatable bonds is 2. The Balaban J connectivity index is 2.13. The number of halogens is 1. The molecule has 0 spiro atoms. The number of aliphatic hydroxyl groups is 1. The minimum Gasteiger partial charge on any atom is -0.396 e. The van der Waals surface area contributed by atoms with Gasteiger partial charge in [0.1, 0.15) is 5.82 Å². The molecule has 1 saturated heterocycles. The first-order chi connectivity index (χ1) is 9.65. The molecule has 0 aromatic heterocycles. The smallest absolute Gasteiger partial charge is 0.253 e. The first-order valence-electron chi connectivity index (χ1n) is 6.54. The molecule has 1 aromatic carbocycles. The Kier molecular flexibility index (Phi) is 4.72. The molecule has 1 unspecified atom stereocenters. The zero-order valence-corrected chi connectivity index (χ0v) is 11.1.